The van der Waals surface area contributed by atoms with Crippen LogP contribution in [0, 0.1) is 5.82 Å². The van der Waals surface area contributed by atoms with Crippen LogP contribution in [-0.2, 0) is 26.1 Å². The van der Waals surface area contributed by atoms with Crippen molar-refractivity contribution in [2.24, 2.45) is 0 Å². The Morgan fingerprint density at radius 3 is 2.69 bits per heavy atom. The van der Waals surface area contributed by atoms with E-state index in [9.17, 15) is 9.18 Å². The van der Waals surface area contributed by atoms with Gasteiger partial charge in [-0.1, -0.05) is 6.07 Å². The highest BCUT2D eigenvalue weighted by Crippen LogP contribution is 2.29. The molecule has 0 bridgehead atoms. The number of halogens is 1. The number of hydrogen-bond acceptors (Lipinski definition) is 6. The van der Waals surface area contributed by atoms with E-state index < -0.39 is 5.82 Å². The zero-order valence-corrected chi connectivity index (χ0v) is 20.3. The smallest absolute Gasteiger partial charge is 0.254 e. The van der Waals surface area contributed by atoms with Crippen molar-refractivity contribution in [2.75, 3.05) is 39.1 Å². The summed E-state index contributed by atoms with van der Waals surface area (Å²) in [6, 6.07) is 5.84. The monoisotopic (exact) mass is 478 g/mol. The Balaban J connectivity index is 1.45. The van der Waals surface area contributed by atoms with Gasteiger partial charge < -0.3 is 19.5 Å². The number of likely N-dealkylation sites (tertiary alicyclic amines) is 1. The molecule has 1 fully saturated rings. The lowest BCUT2D eigenvalue weighted by Gasteiger charge is -2.31. The molecule has 1 N–H and O–H groups in total. The van der Waals surface area contributed by atoms with Crippen LogP contribution in [0.1, 0.15) is 45.6 Å². The minimum atomic E-state index is -0.511. The van der Waals surface area contributed by atoms with E-state index in [0.29, 0.717) is 25.3 Å². The average molecular weight is 479 g/mol. The Morgan fingerprint density at radius 1 is 1.09 bits per heavy atom. The third kappa shape index (κ3) is 4.86. The summed E-state index contributed by atoms with van der Waals surface area (Å²) < 4.78 is 20.9. The van der Waals surface area contributed by atoms with E-state index in [0.717, 1.165) is 54.9 Å². The number of hydrogen-bond donors (Lipinski definition) is 1. The summed E-state index contributed by atoms with van der Waals surface area (Å²) in [4.78, 5) is 26.4. The number of ether oxygens (including phenoxy) is 1. The number of amides is 1. The van der Waals surface area contributed by atoms with Gasteiger partial charge >= 0.3 is 0 Å². The van der Waals surface area contributed by atoms with Crippen molar-refractivity contribution < 1.29 is 13.9 Å². The van der Waals surface area contributed by atoms with Crippen molar-refractivity contribution >= 4 is 11.9 Å². The van der Waals surface area contributed by atoms with Crippen LogP contribution in [0.4, 0.5) is 10.3 Å². The van der Waals surface area contributed by atoms with Gasteiger partial charge in [0.05, 0.1) is 32.1 Å². The lowest BCUT2D eigenvalue weighted by Crippen LogP contribution is -2.38. The van der Waals surface area contributed by atoms with Crippen LogP contribution >= 0.6 is 0 Å². The van der Waals surface area contributed by atoms with Crippen molar-refractivity contribution in [3.8, 4) is 5.75 Å². The Bertz CT molecular complexity index is 1220. The van der Waals surface area contributed by atoms with Gasteiger partial charge in [-0.15, -0.1) is 0 Å². The van der Waals surface area contributed by atoms with Crippen LogP contribution in [0.25, 0.3) is 0 Å². The summed E-state index contributed by atoms with van der Waals surface area (Å²) in [5, 5.41) is 3.11. The maximum atomic E-state index is 13.8. The molecule has 1 saturated heterocycles. The second-order valence-corrected chi connectivity index (χ2v) is 9.18. The molecule has 8 nitrogen and oxygen atoms in total. The summed E-state index contributed by atoms with van der Waals surface area (Å²) in [5.41, 5.74) is 4.81. The number of benzene rings is 1. The number of nitrogens with one attached hydrogen (secondary N) is 1. The van der Waals surface area contributed by atoms with E-state index in [1.807, 2.05) is 23.9 Å². The molecule has 5 rings (SSSR count). The first kappa shape index (κ1) is 23.3. The fraction of sp³-hybridized carbons (Fsp3) is 0.423. The average Bonchev–Trinajstić information content (AvgIpc) is 3.54. The molecule has 3 aromatic rings. The van der Waals surface area contributed by atoms with E-state index in [-0.39, 0.29) is 11.7 Å². The van der Waals surface area contributed by atoms with Crippen molar-refractivity contribution in [3.63, 3.8) is 0 Å². The molecule has 0 unspecified atom stereocenters. The van der Waals surface area contributed by atoms with Gasteiger partial charge in [0, 0.05) is 44.2 Å². The molecular weight excluding hydrogens is 447 g/mol. The van der Waals surface area contributed by atoms with Crippen LogP contribution in [0.3, 0.4) is 0 Å². The van der Waals surface area contributed by atoms with Crippen molar-refractivity contribution in [2.45, 2.75) is 38.9 Å². The number of carbonyl (C=O) groups excluding carboxylic acids is 1. The summed E-state index contributed by atoms with van der Waals surface area (Å²) >= 11 is 0. The molecule has 35 heavy (non-hydrogen) atoms. The molecule has 4 heterocycles. The van der Waals surface area contributed by atoms with Gasteiger partial charge in [0.15, 0.2) is 11.6 Å². The first-order valence-corrected chi connectivity index (χ1v) is 12.1. The fourth-order valence-electron chi connectivity index (χ4n) is 5.13. The highest BCUT2D eigenvalue weighted by atomic mass is 19.1. The van der Waals surface area contributed by atoms with Gasteiger partial charge in [0.2, 0.25) is 5.95 Å². The molecule has 2 aliphatic heterocycles. The first-order chi connectivity index (χ1) is 17.1. The number of anilines is 1. The summed E-state index contributed by atoms with van der Waals surface area (Å²) in [5.74, 6) is 0.396. The third-order valence-corrected chi connectivity index (χ3v) is 6.89. The minimum absolute atomic E-state index is 0.0136. The predicted octanol–water partition coefficient (Wildman–Crippen LogP) is 3.31. The molecule has 184 valence electrons. The van der Waals surface area contributed by atoms with Gasteiger partial charge in [0.25, 0.3) is 5.91 Å². The quantitative estimate of drug-likeness (QED) is 0.536. The topological polar surface area (TPSA) is 75.5 Å². The number of fused-ring (bicyclic) bond motifs is 1. The van der Waals surface area contributed by atoms with Crippen molar-refractivity contribution in [1.82, 2.24) is 24.3 Å². The Hall–Kier alpha value is -3.46. The summed E-state index contributed by atoms with van der Waals surface area (Å²) in [7, 11) is 3.28. The Kier molecular flexibility index (Phi) is 6.68. The second-order valence-electron chi connectivity index (χ2n) is 9.18. The van der Waals surface area contributed by atoms with Gasteiger partial charge in [-0.05, 0) is 55.1 Å². The lowest BCUT2D eigenvalue weighted by molar-refractivity contribution is 0.0723. The number of aromatic nitrogens is 3. The number of pyridine rings is 1. The zero-order valence-electron chi connectivity index (χ0n) is 20.3. The van der Waals surface area contributed by atoms with Crippen LogP contribution in [0.15, 0.2) is 36.8 Å². The highest BCUT2D eigenvalue weighted by molar-refractivity contribution is 5.97. The molecule has 9 heteroatoms. The van der Waals surface area contributed by atoms with Crippen molar-refractivity contribution in [3.05, 3.63) is 70.6 Å². The zero-order chi connectivity index (χ0) is 24.4. The molecule has 1 amide bonds. The van der Waals surface area contributed by atoms with Gasteiger partial charge in [0.1, 0.15) is 0 Å². The highest BCUT2D eigenvalue weighted by Gasteiger charge is 2.28. The van der Waals surface area contributed by atoms with E-state index in [1.54, 1.807) is 17.2 Å². The van der Waals surface area contributed by atoms with Gasteiger partial charge in [-0.3, -0.25) is 14.7 Å². The minimum Gasteiger partial charge on any atom is -0.494 e. The largest absolute Gasteiger partial charge is 0.494 e. The molecule has 2 aliphatic rings. The SMILES string of the molecule is CNc1nccn1Cc1cc(CN2CCCC2)c2c(c1)C(=O)N(Cc1cc(OC)c(F)cn1)CC2. The lowest BCUT2D eigenvalue weighted by atomic mass is 9.91. The number of nitrogens with zero attached hydrogens (tertiary/aromatic N) is 5. The van der Waals surface area contributed by atoms with Crippen LogP contribution in [0.5, 0.6) is 5.75 Å². The molecule has 0 radical (unpaired) electrons. The number of rotatable bonds is 8. The second kappa shape index (κ2) is 10.0. The van der Waals surface area contributed by atoms with Crippen molar-refractivity contribution in [1.29, 1.82) is 0 Å². The Morgan fingerprint density at radius 2 is 1.91 bits per heavy atom. The molecule has 0 atom stereocenters. The standard InChI is InChI=1S/C26H31FN6O2/c1-28-26-29-6-10-33(26)15-18-11-19(16-31-7-3-4-8-31)21-5-9-32(25(34)22(21)12-18)17-20-13-24(35-2)23(27)14-30-20/h6,10-14H,3-5,7-9,15-17H2,1-2H3,(H,28,29). The van der Waals surface area contributed by atoms with Crippen LogP contribution in [-0.4, -0.2) is 64.0 Å². The number of carbonyl (C=O) groups is 1. The predicted molar refractivity (Wildman–Crippen MR) is 131 cm³/mol. The maximum Gasteiger partial charge on any atom is 0.254 e. The normalized spacial score (nSPS) is 16.0. The molecular formula is C26H31FN6O2. The van der Waals surface area contributed by atoms with E-state index >= 15 is 0 Å². The van der Waals surface area contributed by atoms with Gasteiger partial charge in [-0.25, -0.2) is 9.37 Å². The summed E-state index contributed by atoms with van der Waals surface area (Å²) in [6.45, 7) is 4.60. The molecule has 0 saturated carbocycles. The van der Waals surface area contributed by atoms with E-state index in [2.05, 4.69) is 26.3 Å². The molecule has 2 aromatic heterocycles. The fourth-order valence-corrected chi connectivity index (χ4v) is 5.13. The van der Waals surface area contributed by atoms with Gasteiger partial charge in [-0.2, -0.15) is 0 Å². The molecule has 0 spiro atoms. The van der Waals surface area contributed by atoms with Crippen LogP contribution < -0.4 is 10.1 Å². The maximum absolute atomic E-state index is 13.8. The number of methoxy groups -OCH3 is 1. The summed E-state index contributed by atoms with van der Waals surface area (Å²) in [6.07, 6.45) is 8.09. The van der Waals surface area contributed by atoms with Crippen LogP contribution in [0.2, 0.25) is 0 Å². The Labute approximate surface area is 204 Å². The molecule has 1 aromatic carbocycles. The van der Waals surface area contributed by atoms with E-state index in [1.165, 1.54) is 25.5 Å². The number of imidazole rings is 1. The molecule has 0 aliphatic carbocycles. The third-order valence-electron chi connectivity index (χ3n) is 6.89. The van der Waals surface area contributed by atoms with E-state index in [4.69, 9.17) is 4.74 Å². The first-order valence-electron chi connectivity index (χ1n) is 12.1.